The molecule has 1 aliphatic heterocycles. The van der Waals surface area contributed by atoms with Gasteiger partial charge in [-0.2, -0.15) is 0 Å². The van der Waals surface area contributed by atoms with E-state index in [1.54, 1.807) is 11.0 Å². The molecule has 2 aromatic carbocycles. The minimum Gasteiger partial charge on any atom is -0.329 e. The molecule has 0 spiro atoms. The van der Waals surface area contributed by atoms with Crippen molar-refractivity contribution in [1.29, 1.82) is 0 Å². The average molecular weight is 395 g/mol. The summed E-state index contributed by atoms with van der Waals surface area (Å²) in [6.07, 6.45) is 1.61. The summed E-state index contributed by atoms with van der Waals surface area (Å²) in [5.41, 5.74) is 2.69. The Morgan fingerprint density at radius 2 is 1.86 bits per heavy atom. The number of hydrogen-bond donors (Lipinski definition) is 0. The molecule has 7 heteroatoms. The van der Waals surface area contributed by atoms with Gasteiger partial charge in [0.2, 0.25) is 5.91 Å². The largest absolute Gasteiger partial charge is 0.329 e. The van der Waals surface area contributed by atoms with Gasteiger partial charge in [0.25, 0.3) is 0 Å². The summed E-state index contributed by atoms with van der Waals surface area (Å²) in [6, 6.07) is 16.8. The van der Waals surface area contributed by atoms with Gasteiger partial charge in [-0.05, 0) is 30.7 Å². The molecular weight excluding hydrogens is 374 g/mol. The molecule has 0 unspecified atom stereocenters. The number of imidazole rings is 1. The second-order valence-electron chi connectivity index (χ2n) is 6.97. The van der Waals surface area contributed by atoms with Gasteiger partial charge < -0.3 is 9.47 Å². The molecule has 0 fully saturated rings. The number of rotatable bonds is 5. The van der Waals surface area contributed by atoms with Crippen molar-refractivity contribution in [2.24, 2.45) is 0 Å². The van der Waals surface area contributed by atoms with Crippen LogP contribution in [-0.4, -0.2) is 40.6 Å². The van der Waals surface area contributed by atoms with E-state index in [2.05, 4.69) is 4.98 Å². The van der Waals surface area contributed by atoms with Gasteiger partial charge in [-0.1, -0.05) is 42.5 Å². The Kier molecular flexibility index (Phi) is 4.77. The lowest BCUT2D eigenvalue weighted by Crippen LogP contribution is -2.42. The maximum atomic E-state index is 13.3. The number of fused-ring (bicyclic) bond motifs is 1. The first-order valence-electron chi connectivity index (χ1n) is 9.09. The molecule has 144 valence electrons. The first-order chi connectivity index (χ1) is 13.4. The highest BCUT2D eigenvalue weighted by atomic mass is 32.2. The van der Waals surface area contributed by atoms with E-state index in [-0.39, 0.29) is 18.2 Å². The number of sulfone groups is 1. The summed E-state index contributed by atoms with van der Waals surface area (Å²) in [6.45, 7) is 2.34. The topological polar surface area (TPSA) is 72.3 Å². The zero-order valence-corrected chi connectivity index (χ0v) is 16.3. The van der Waals surface area contributed by atoms with Crippen LogP contribution in [0.15, 0.2) is 66.1 Å². The van der Waals surface area contributed by atoms with Crippen LogP contribution in [0.3, 0.4) is 0 Å². The van der Waals surface area contributed by atoms with Crippen molar-refractivity contribution in [2.45, 2.75) is 26.1 Å². The van der Waals surface area contributed by atoms with Crippen LogP contribution in [0, 0.1) is 6.92 Å². The first-order valence-corrected chi connectivity index (χ1v) is 10.8. The van der Waals surface area contributed by atoms with Crippen LogP contribution in [0.2, 0.25) is 0 Å². The van der Waals surface area contributed by atoms with Gasteiger partial charge in [0, 0.05) is 12.0 Å². The summed E-state index contributed by atoms with van der Waals surface area (Å²) < 4.78 is 25.7. The Labute approximate surface area is 164 Å². The third-order valence-corrected chi connectivity index (χ3v) is 6.34. The van der Waals surface area contributed by atoms with Crippen molar-refractivity contribution in [3.63, 3.8) is 0 Å². The molecule has 0 bridgehead atoms. The number of amides is 1. The van der Waals surface area contributed by atoms with Crippen LogP contribution in [0.5, 0.6) is 0 Å². The first kappa shape index (κ1) is 18.4. The van der Waals surface area contributed by atoms with Crippen LogP contribution in [-0.2, 0) is 27.7 Å². The average Bonchev–Trinajstić information content (AvgIpc) is 3.19. The Morgan fingerprint density at radius 1 is 1.14 bits per heavy atom. The predicted octanol–water partition coefficient (Wildman–Crippen LogP) is 2.68. The third kappa shape index (κ3) is 3.71. The summed E-state index contributed by atoms with van der Waals surface area (Å²) in [7, 11) is -3.26. The van der Waals surface area contributed by atoms with Crippen molar-refractivity contribution in [1.82, 2.24) is 14.5 Å². The second kappa shape index (κ2) is 7.24. The number of carbonyl (C=O) groups is 1. The predicted molar refractivity (Wildman–Crippen MR) is 108 cm³/mol. The Morgan fingerprint density at radius 3 is 2.57 bits per heavy atom. The molecular formula is C21H21N3O3S. The van der Waals surface area contributed by atoms with Gasteiger partial charge in [-0.3, -0.25) is 4.79 Å². The maximum Gasteiger partial charge on any atom is 0.243 e. The lowest BCUT2D eigenvalue weighted by Gasteiger charge is -2.28. The minimum atomic E-state index is -3.26. The molecule has 0 saturated carbocycles. The third-order valence-electron chi connectivity index (χ3n) is 4.97. The van der Waals surface area contributed by atoms with Gasteiger partial charge in [0.1, 0.15) is 12.4 Å². The molecule has 1 aromatic heterocycles. The standard InChI is InChI=1S/C21H21N3O3S/c1-16-22-19-9-5-6-10-20(19)23(16)14-21(25)24(13-17-7-3-2-4-8-17)18-11-12-28(26,27)15-18/h2-12,18H,13-15H2,1H3/t18-/m0/s1. The molecule has 1 atom stereocenters. The van der Waals surface area contributed by atoms with E-state index < -0.39 is 15.9 Å². The fourth-order valence-corrected chi connectivity index (χ4v) is 4.84. The minimum absolute atomic E-state index is 0.0742. The van der Waals surface area contributed by atoms with Gasteiger partial charge in [0.15, 0.2) is 9.84 Å². The van der Waals surface area contributed by atoms with Gasteiger partial charge in [-0.15, -0.1) is 0 Å². The number of para-hydroxylation sites is 2. The van der Waals surface area contributed by atoms with Crippen LogP contribution < -0.4 is 0 Å². The second-order valence-corrected chi connectivity index (χ2v) is 8.90. The fourth-order valence-electron chi connectivity index (χ4n) is 3.55. The Hall–Kier alpha value is -2.93. The van der Waals surface area contributed by atoms with Crippen LogP contribution in [0.25, 0.3) is 11.0 Å². The number of carbonyl (C=O) groups excluding carboxylic acids is 1. The van der Waals surface area contributed by atoms with E-state index in [0.29, 0.717) is 6.54 Å². The molecule has 0 saturated heterocycles. The fraction of sp³-hybridized carbons (Fsp3) is 0.238. The summed E-state index contributed by atoms with van der Waals surface area (Å²) >= 11 is 0. The smallest absolute Gasteiger partial charge is 0.243 e. The van der Waals surface area contributed by atoms with E-state index in [1.807, 2.05) is 66.1 Å². The molecule has 0 radical (unpaired) electrons. The molecule has 6 nitrogen and oxygen atoms in total. The number of aromatic nitrogens is 2. The monoisotopic (exact) mass is 395 g/mol. The number of nitrogens with zero attached hydrogens (tertiary/aromatic N) is 3. The number of hydrogen-bond acceptors (Lipinski definition) is 4. The van der Waals surface area contributed by atoms with E-state index in [1.165, 1.54) is 5.41 Å². The zero-order chi connectivity index (χ0) is 19.7. The molecule has 0 aliphatic carbocycles. The SMILES string of the molecule is Cc1nc2ccccc2n1CC(=O)N(Cc1ccccc1)[C@H]1C=CS(=O)(=O)C1. The molecule has 2 heterocycles. The van der Waals surface area contributed by atoms with Crippen molar-refractivity contribution < 1.29 is 13.2 Å². The molecule has 28 heavy (non-hydrogen) atoms. The highest BCUT2D eigenvalue weighted by molar-refractivity contribution is 7.94. The lowest BCUT2D eigenvalue weighted by molar-refractivity contribution is -0.133. The molecule has 0 N–H and O–H groups in total. The van der Waals surface area contributed by atoms with Crippen molar-refractivity contribution in [3.8, 4) is 0 Å². The van der Waals surface area contributed by atoms with Crippen LogP contribution in [0.1, 0.15) is 11.4 Å². The van der Waals surface area contributed by atoms with Gasteiger partial charge in [-0.25, -0.2) is 13.4 Å². The highest BCUT2D eigenvalue weighted by Crippen LogP contribution is 2.20. The molecule has 1 amide bonds. The van der Waals surface area contributed by atoms with E-state index in [0.717, 1.165) is 22.4 Å². The van der Waals surface area contributed by atoms with E-state index in [4.69, 9.17) is 0 Å². The Balaban J connectivity index is 1.64. The lowest BCUT2D eigenvalue weighted by atomic mass is 10.1. The summed E-state index contributed by atoms with van der Waals surface area (Å²) in [5.74, 6) is 0.542. The van der Waals surface area contributed by atoms with E-state index >= 15 is 0 Å². The highest BCUT2D eigenvalue weighted by Gasteiger charge is 2.30. The van der Waals surface area contributed by atoms with Crippen LogP contribution >= 0.6 is 0 Å². The Bertz CT molecular complexity index is 1150. The number of aryl methyl sites for hydroxylation is 1. The quantitative estimate of drug-likeness (QED) is 0.666. The summed E-state index contributed by atoms with van der Waals surface area (Å²) in [4.78, 5) is 19.4. The van der Waals surface area contributed by atoms with E-state index in [9.17, 15) is 13.2 Å². The maximum absolute atomic E-state index is 13.3. The van der Waals surface area contributed by atoms with Crippen LogP contribution in [0.4, 0.5) is 0 Å². The molecule has 3 aromatic rings. The molecule has 4 rings (SSSR count). The molecule has 1 aliphatic rings. The number of benzene rings is 2. The normalized spacial score (nSPS) is 17.8. The van der Waals surface area contributed by atoms with Crippen molar-refractivity contribution in [2.75, 3.05) is 5.75 Å². The van der Waals surface area contributed by atoms with Crippen molar-refractivity contribution >= 4 is 26.8 Å². The van der Waals surface area contributed by atoms with Gasteiger partial charge in [0.05, 0.1) is 22.8 Å². The zero-order valence-electron chi connectivity index (χ0n) is 15.5. The van der Waals surface area contributed by atoms with Crippen molar-refractivity contribution in [3.05, 3.63) is 77.5 Å². The van der Waals surface area contributed by atoms with Gasteiger partial charge >= 0.3 is 0 Å². The summed E-state index contributed by atoms with van der Waals surface area (Å²) in [5, 5.41) is 1.21.